The normalized spacial score (nSPS) is 11.4. The number of nitrogens with two attached hydrogens (primary N) is 1. The van der Waals surface area contributed by atoms with Gasteiger partial charge in [0.05, 0.1) is 5.52 Å². The maximum absolute atomic E-state index is 8.84. The highest BCUT2D eigenvalue weighted by Gasteiger charge is 2.14. The number of benzene rings is 1. The fourth-order valence-corrected chi connectivity index (χ4v) is 1.78. The minimum Gasteiger partial charge on any atom is -0.398 e. The number of anilines is 1. The van der Waals surface area contributed by atoms with Crippen molar-refractivity contribution in [3.63, 3.8) is 0 Å². The lowest BCUT2D eigenvalue weighted by atomic mass is 9.86. The molecule has 0 amide bonds. The average molecular weight is 225 g/mol. The molecule has 0 spiro atoms. The van der Waals surface area contributed by atoms with Crippen LogP contribution in [0.5, 0.6) is 0 Å². The first-order valence-electron chi connectivity index (χ1n) is 5.52. The molecule has 0 bridgehead atoms. The van der Waals surface area contributed by atoms with Crippen molar-refractivity contribution in [2.75, 3.05) is 5.73 Å². The quantitative estimate of drug-likeness (QED) is 0.749. The Morgan fingerprint density at radius 1 is 1.24 bits per heavy atom. The molecule has 2 rings (SSSR count). The van der Waals surface area contributed by atoms with Crippen LogP contribution >= 0.6 is 0 Å². The van der Waals surface area contributed by atoms with Crippen molar-refractivity contribution in [2.45, 2.75) is 26.2 Å². The van der Waals surface area contributed by atoms with Gasteiger partial charge in [0.25, 0.3) is 0 Å². The maximum atomic E-state index is 8.84. The lowest BCUT2D eigenvalue weighted by Gasteiger charge is -2.19. The third-order valence-electron chi connectivity index (χ3n) is 2.82. The molecule has 0 aliphatic carbocycles. The third kappa shape index (κ3) is 2.07. The minimum absolute atomic E-state index is 0.0779. The van der Waals surface area contributed by atoms with E-state index < -0.39 is 0 Å². The second kappa shape index (κ2) is 3.74. The van der Waals surface area contributed by atoms with E-state index in [9.17, 15) is 0 Å². The van der Waals surface area contributed by atoms with Crippen LogP contribution in [0.3, 0.4) is 0 Å². The molecule has 1 heterocycles. The highest BCUT2D eigenvalue weighted by atomic mass is 14.7. The van der Waals surface area contributed by atoms with Crippen LogP contribution in [-0.4, -0.2) is 4.98 Å². The van der Waals surface area contributed by atoms with Gasteiger partial charge in [0.2, 0.25) is 0 Å². The first-order valence-corrected chi connectivity index (χ1v) is 5.52. The van der Waals surface area contributed by atoms with E-state index >= 15 is 0 Å². The average Bonchev–Trinajstić information content (AvgIpc) is 2.27. The smallest absolute Gasteiger partial charge is 0.143 e. The predicted octanol–water partition coefficient (Wildman–Crippen LogP) is 2.99. The maximum Gasteiger partial charge on any atom is 0.143 e. The standard InChI is InChI=1S/C14H15N3/c1-14(2,3)9-4-5-13-11(6-9)12(16)7-10(8-15)17-13/h4-7H,1-3H3,(H2,16,17). The van der Waals surface area contributed by atoms with E-state index in [-0.39, 0.29) is 5.41 Å². The van der Waals surface area contributed by atoms with E-state index in [0.717, 1.165) is 10.9 Å². The Balaban J connectivity index is 2.72. The highest BCUT2D eigenvalue weighted by molar-refractivity contribution is 5.91. The molecule has 0 saturated heterocycles. The number of hydrogen-bond acceptors (Lipinski definition) is 3. The monoisotopic (exact) mass is 225 g/mol. The Morgan fingerprint density at radius 2 is 1.94 bits per heavy atom. The summed E-state index contributed by atoms with van der Waals surface area (Å²) in [6, 6.07) is 9.65. The zero-order valence-electron chi connectivity index (χ0n) is 10.3. The van der Waals surface area contributed by atoms with Gasteiger partial charge >= 0.3 is 0 Å². The second-order valence-corrected chi connectivity index (χ2v) is 5.19. The van der Waals surface area contributed by atoms with Crippen LogP contribution < -0.4 is 5.73 Å². The molecule has 0 atom stereocenters. The molecular weight excluding hydrogens is 210 g/mol. The molecule has 0 aliphatic heterocycles. The second-order valence-electron chi connectivity index (χ2n) is 5.19. The Kier molecular flexibility index (Phi) is 2.51. The van der Waals surface area contributed by atoms with E-state index in [1.807, 2.05) is 18.2 Å². The molecule has 0 fully saturated rings. The van der Waals surface area contributed by atoms with Gasteiger partial charge in [-0.2, -0.15) is 5.26 Å². The Morgan fingerprint density at radius 3 is 2.53 bits per heavy atom. The van der Waals surface area contributed by atoms with Crippen molar-refractivity contribution >= 4 is 16.6 Å². The molecule has 2 aromatic rings. The summed E-state index contributed by atoms with van der Waals surface area (Å²) in [7, 11) is 0. The Bertz CT molecular complexity index is 616. The van der Waals surface area contributed by atoms with E-state index in [1.165, 1.54) is 5.56 Å². The minimum atomic E-state index is 0.0779. The van der Waals surface area contributed by atoms with Crippen LogP contribution in [0, 0.1) is 11.3 Å². The van der Waals surface area contributed by atoms with E-state index in [0.29, 0.717) is 11.4 Å². The number of hydrogen-bond donors (Lipinski definition) is 1. The number of pyridine rings is 1. The summed E-state index contributed by atoms with van der Waals surface area (Å²) in [5.74, 6) is 0. The molecule has 86 valence electrons. The molecule has 3 heteroatoms. The van der Waals surface area contributed by atoms with Crippen LogP contribution in [0.15, 0.2) is 24.3 Å². The van der Waals surface area contributed by atoms with Gasteiger partial charge in [0, 0.05) is 11.1 Å². The zero-order valence-corrected chi connectivity index (χ0v) is 10.3. The largest absolute Gasteiger partial charge is 0.398 e. The van der Waals surface area contributed by atoms with Gasteiger partial charge in [-0.25, -0.2) is 4.98 Å². The van der Waals surface area contributed by atoms with Gasteiger partial charge in [-0.3, -0.25) is 0 Å². The predicted molar refractivity (Wildman–Crippen MR) is 69.6 cm³/mol. The van der Waals surface area contributed by atoms with Gasteiger partial charge in [-0.15, -0.1) is 0 Å². The SMILES string of the molecule is CC(C)(C)c1ccc2nc(C#N)cc(N)c2c1. The molecule has 1 aromatic heterocycles. The van der Waals surface area contributed by atoms with E-state index in [1.54, 1.807) is 6.07 Å². The van der Waals surface area contributed by atoms with Crippen LogP contribution in [0.25, 0.3) is 10.9 Å². The lowest BCUT2D eigenvalue weighted by molar-refractivity contribution is 0.591. The topological polar surface area (TPSA) is 62.7 Å². The summed E-state index contributed by atoms with van der Waals surface area (Å²) >= 11 is 0. The molecule has 17 heavy (non-hydrogen) atoms. The van der Waals surface area contributed by atoms with Gasteiger partial charge in [-0.1, -0.05) is 26.8 Å². The van der Waals surface area contributed by atoms with Crippen molar-refractivity contribution in [1.82, 2.24) is 4.98 Å². The van der Waals surface area contributed by atoms with Crippen LogP contribution in [-0.2, 0) is 5.41 Å². The Labute approximate surface area is 101 Å². The first-order chi connectivity index (χ1) is 7.91. The zero-order chi connectivity index (χ0) is 12.6. The molecule has 0 radical (unpaired) electrons. The summed E-state index contributed by atoms with van der Waals surface area (Å²) < 4.78 is 0. The first kappa shape index (κ1) is 11.4. The molecule has 0 saturated carbocycles. The summed E-state index contributed by atoms with van der Waals surface area (Å²) in [5, 5.41) is 9.75. The number of aromatic nitrogens is 1. The molecule has 2 N–H and O–H groups in total. The van der Waals surface area contributed by atoms with Gasteiger partial charge in [0.1, 0.15) is 11.8 Å². The van der Waals surface area contributed by atoms with Gasteiger partial charge < -0.3 is 5.73 Å². The number of nitriles is 1. The number of rotatable bonds is 0. The number of nitrogen functional groups attached to an aromatic ring is 1. The summed E-state index contributed by atoms with van der Waals surface area (Å²) in [4.78, 5) is 4.24. The van der Waals surface area contributed by atoms with Crippen molar-refractivity contribution in [3.05, 3.63) is 35.5 Å². The third-order valence-corrected chi connectivity index (χ3v) is 2.82. The fourth-order valence-electron chi connectivity index (χ4n) is 1.78. The van der Waals surface area contributed by atoms with Gasteiger partial charge in [-0.05, 0) is 29.2 Å². The Hall–Kier alpha value is -2.08. The highest BCUT2D eigenvalue weighted by Crippen LogP contribution is 2.28. The fraction of sp³-hybridized carbons (Fsp3) is 0.286. The summed E-state index contributed by atoms with van der Waals surface area (Å²) in [5.41, 5.74) is 8.98. The van der Waals surface area contributed by atoms with Crippen LogP contribution in [0.1, 0.15) is 32.0 Å². The number of nitrogens with zero attached hydrogens (tertiary/aromatic N) is 2. The summed E-state index contributed by atoms with van der Waals surface area (Å²) in [6.07, 6.45) is 0. The van der Waals surface area contributed by atoms with Gasteiger partial charge in [0.15, 0.2) is 0 Å². The van der Waals surface area contributed by atoms with E-state index in [4.69, 9.17) is 11.0 Å². The lowest BCUT2D eigenvalue weighted by Crippen LogP contribution is -2.11. The van der Waals surface area contributed by atoms with Crippen LogP contribution in [0.2, 0.25) is 0 Å². The van der Waals surface area contributed by atoms with Crippen molar-refractivity contribution in [2.24, 2.45) is 0 Å². The number of fused-ring (bicyclic) bond motifs is 1. The molecule has 1 aromatic carbocycles. The summed E-state index contributed by atoms with van der Waals surface area (Å²) in [6.45, 7) is 6.46. The van der Waals surface area contributed by atoms with Crippen molar-refractivity contribution in [1.29, 1.82) is 5.26 Å². The van der Waals surface area contributed by atoms with Crippen LogP contribution in [0.4, 0.5) is 5.69 Å². The van der Waals surface area contributed by atoms with Crippen molar-refractivity contribution < 1.29 is 0 Å². The molecule has 0 aliphatic rings. The van der Waals surface area contributed by atoms with E-state index in [2.05, 4.69) is 31.8 Å². The molecular formula is C14H15N3. The molecule has 0 unspecified atom stereocenters. The van der Waals surface area contributed by atoms with Crippen molar-refractivity contribution in [3.8, 4) is 6.07 Å². The molecule has 3 nitrogen and oxygen atoms in total.